The highest BCUT2D eigenvalue weighted by molar-refractivity contribution is 5.83. The second-order valence-corrected chi connectivity index (χ2v) is 5.99. The third-order valence-corrected chi connectivity index (χ3v) is 4.81. The minimum Gasteiger partial charge on any atom is -0.464 e. The molecule has 0 radical (unpaired) electrons. The van der Waals surface area contributed by atoms with Crippen LogP contribution in [0.25, 0.3) is 11.3 Å². The van der Waals surface area contributed by atoms with E-state index >= 15 is 0 Å². The predicted octanol–water partition coefficient (Wildman–Crippen LogP) is 2.47. The minimum absolute atomic E-state index is 0.0000926. The molecule has 2 heterocycles. The molecular weight excluding hydrogens is 272 g/mol. The number of hydrogen-bond donors (Lipinski definition) is 0. The first-order valence-electron chi connectivity index (χ1n) is 7.81. The highest BCUT2D eigenvalue weighted by atomic mass is 16.5. The molecule has 0 saturated heterocycles. The van der Waals surface area contributed by atoms with Crippen LogP contribution >= 0.6 is 0 Å². The first kappa shape index (κ1) is 12.2. The van der Waals surface area contributed by atoms with Crippen molar-refractivity contribution in [1.82, 2.24) is 0 Å². The van der Waals surface area contributed by atoms with Gasteiger partial charge in [0.15, 0.2) is 0 Å². The molecule has 0 bridgehead atoms. The van der Waals surface area contributed by atoms with Gasteiger partial charge >= 0.3 is 0 Å². The van der Waals surface area contributed by atoms with Crippen LogP contribution in [0, 0.1) is 0 Å². The number of rotatable bonds is 0. The average molecular weight is 288 g/mol. The first-order chi connectivity index (χ1) is 10.9. The van der Waals surface area contributed by atoms with E-state index in [9.17, 15) is 0 Å². The number of fused-ring (bicyclic) bond motifs is 5. The fourth-order valence-corrected chi connectivity index (χ4v) is 3.86. The number of benzene rings is 1. The van der Waals surface area contributed by atoms with Crippen molar-refractivity contribution >= 4 is 11.3 Å². The van der Waals surface area contributed by atoms with Crippen molar-refractivity contribution in [2.24, 2.45) is 0 Å². The molecule has 2 aliphatic carbocycles. The summed E-state index contributed by atoms with van der Waals surface area (Å²) in [7, 11) is 0. The number of hydrogen-bond acceptors (Lipinski definition) is 2. The van der Waals surface area contributed by atoms with E-state index in [2.05, 4.69) is 42.5 Å². The Morgan fingerprint density at radius 3 is 2.95 bits per heavy atom. The van der Waals surface area contributed by atoms with Crippen LogP contribution in [-0.2, 0) is 9.47 Å². The van der Waals surface area contributed by atoms with Gasteiger partial charge < -0.3 is 9.47 Å². The second-order valence-electron chi connectivity index (χ2n) is 5.99. The van der Waals surface area contributed by atoms with Crippen molar-refractivity contribution in [2.75, 3.05) is 6.61 Å². The summed E-state index contributed by atoms with van der Waals surface area (Å²) in [6, 6.07) is 8.52. The molecule has 22 heavy (non-hydrogen) atoms. The summed E-state index contributed by atoms with van der Waals surface area (Å²) < 4.78 is 12.1. The van der Waals surface area contributed by atoms with E-state index in [1.54, 1.807) is 6.26 Å². The summed E-state index contributed by atoms with van der Waals surface area (Å²) in [5, 5.41) is 2.44. The van der Waals surface area contributed by atoms with Gasteiger partial charge in [-0.1, -0.05) is 36.4 Å². The van der Waals surface area contributed by atoms with E-state index in [4.69, 9.17) is 9.47 Å². The molecular formula is C20H16O2. The summed E-state index contributed by atoms with van der Waals surface area (Å²) >= 11 is 0. The molecule has 0 N–H and O–H groups in total. The molecule has 108 valence electrons. The summed E-state index contributed by atoms with van der Waals surface area (Å²) in [5.41, 5.74) is 5.30. The van der Waals surface area contributed by atoms with E-state index in [0.29, 0.717) is 6.61 Å². The quantitative estimate of drug-likeness (QED) is 0.730. The Kier molecular flexibility index (Phi) is 2.55. The summed E-state index contributed by atoms with van der Waals surface area (Å²) in [6.07, 6.45) is 12.5. The van der Waals surface area contributed by atoms with Gasteiger partial charge in [0.25, 0.3) is 0 Å². The molecule has 0 fully saturated rings. The molecule has 4 aliphatic rings. The van der Waals surface area contributed by atoms with Gasteiger partial charge in [0.2, 0.25) is 0 Å². The van der Waals surface area contributed by atoms with Gasteiger partial charge in [-0.2, -0.15) is 0 Å². The number of allylic oxidation sites excluding steroid dienone is 3. The lowest BCUT2D eigenvalue weighted by Gasteiger charge is -2.36. The average Bonchev–Trinajstić information content (AvgIpc) is 2.61. The Balaban J connectivity index is 1.93. The van der Waals surface area contributed by atoms with E-state index < -0.39 is 0 Å². The van der Waals surface area contributed by atoms with Crippen molar-refractivity contribution in [3.8, 4) is 0 Å². The predicted molar refractivity (Wildman–Crippen MR) is 86.0 cm³/mol. The van der Waals surface area contributed by atoms with Crippen LogP contribution in [0.3, 0.4) is 0 Å². The molecule has 0 amide bonds. The highest BCUT2D eigenvalue weighted by Crippen LogP contribution is 2.39. The van der Waals surface area contributed by atoms with Gasteiger partial charge in [-0.05, 0) is 46.9 Å². The van der Waals surface area contributed by atoms with Crippen LogP contribution in [0.1, 0.15) is 12.8 Å². The summed E-state index contributed by atoms with van der Waals surface area (Å²) in [5.74, 6) is 0.947. The molecule has 0 aromatic heterocycles. The Morgan fingerprint density at radius 2 is 2.00 bits per heavy atom. The lowest BCUT2D eigenvalue weighted by Crippen LogP contribution is -2.43. The third-order valence-electron chi connectivity index (χ3n) is 4.81. The molecule has 0 spiro atoms. The summed E-state index contributed by atoms with van der Waals surface area (Å²) in [6.45, 7) is 0.691. The first-order valence-corrected chi connectivity index (χ1v) is 7.81. The maximum absolute atomic E-state index is 6.23. The molecule has 1 atom stereocenters. The number of ether oxygens (including phenoxy) is 2. The molecule has 2 heteroatoms. The maximum atomic E-state index is 6.23. The van der Waals surface area contributed by atoms with Crippen molar-refractivity contribution in [3.05, 3.63) is 82.0 Å². The summed E-state index contributed by atoms with van der Waals surface area (Å²) in [4.78, 5) is 0. The van der Waals surface area contributed by atoms with Crippen molar-refractivity contribution in [1.29, 1.82) is 0 Å². The SMILES string of the molecule is C1=COC2=c3ccccc3=C3C4=C(C=CCC4)COC3C2=C1. The largest absolute Gasteiger partial charge is 0.464 e. The monoisotopic (exact) mass is 288 g/mol. The van der Waals surface area contributed by atoms with Crippen LogP contribution in [0.15, 0.2) is 71.6 Å². The molecule has 1 unspecified atom stereocenters. The van der Waals surface area contributed by atoms with Crippen LogP contribution in [0.2, 0.25) is 0 Å². The Hall–Kier alpha value is -2.32. The second kappa shape index (κ2) is 4.59. The van der Waals surface area contributed by atoms with E-state index in [-0.39, 0.29) is 6.10 Å². The zero-order chi connectivity index (χ0) is 14.5. The lowest BCUT2D eigenvalue weighted by atomic mass is 9.80. The third kappa shape index (κ3) is 1.59. The van der Waals surface area contributed by atoms with Crippen LogP contribution in [0.5, 0.6) is 0 Å². The molecule has 1 aromatic carbocycles. The van der Waals surface area contributed by atoms with E-state index in [1.807, 2.05) is 6.08 Å². The fourth-order valence-electron chi connectivity index (χ4n) is 3.86. The highest BCUT2D eigenvalue weighted by Gasteiger charge is 2.35. The molecule has 2 aliphatic heterocycles. The zero-order valence-electron chi connectivity index (χ0n) is 12.2. The van der Waals surface area contributed by atoms with Gasteiger partial charge in [0.1, 0.15) is 11.9 Å². The molecule has 1 aromatic rings. The van der Waals surface area contributed by atoms with E-state index in [0.717, 1.165) is 24.2 Å². The van der Waals surface area contributed by atoms with Gasteiger partial charge in [0, 0.05) is 10.8 Å². The zero-order valence-corrected chi connectivity index (χ0v) is 12.2. The van der Waals surface area contributed by atoms with Gasteiger partial charge in [-0.15, -0.1) is 0 Å². The topological polar surface area (TPSA) is 18.5 Å². The van der Waals surface area contributed by atoms with Crippen LogP contribution in [0.4, 0.5) is 0 Å². The van der Waals surface area contributed by atoms with Crippen molar-refractivity contribution in [2.45, 2.75) is 18.9 Å². The van der Waals surface area contributed by atoms with Crippen molar-refractivity contribution in [3.63, 3.8) is 0 Å². The minimum atomic E-state index is 0.0000926. The van der Waals surface area contributed by atoms with E-state index in [1.165, 1.54) is 27.2 Å². The van der Waals surface area contributed by atoms with Gasteiger partial charge in [0.05, 0.1) is 12.9 Å². The smallest absolute Gasteiger partial charge is 0.140 e. The van der Waals surface area contributed by atoms with Gasteiger partial charge in [-0.25, -0.2) is 0 Å². The standard InChI is InChI=1S/C20H16O2/c1-2-7-14-13(6-1)12-22-20-17-10-5-11-21-19(17)16-9-4-3-8-15(16)18(14)20/h1,3-6,8-11,20H,2,7,12H2. The van der Waals surface area contributed by atoms with Crippen molar-refractivity contribution < 1.29 is 9.47 Å². The Labute approximate surface area is 129 Å². The van der Waals surface area contributed by atoms with Crippen LogP contribution < -0.4 is 10.4 Å². The Morgan fingerprint density at radius 1 is 1.09 bits per heavy atom. The molecule has 0 saturated carbocycles. The molecule has 2 nitrogen and oxygen atoms in total. The molecule has 5 rings (SSSR count). The maximum Gasteiger partial charge on any atom is 0.140 e. The normalized spacial score (nSPS) is 24.9. The fraction of sp³-hybridized carbons (Fsp3) is 0.200. The lowest BCUT2D eigenvalue weighted by molar-refractivity contribution is 0.127. The van der Waals surface area contributed by atoms with Gasteiger partial charge in [-0.3, -0.25) is 0 Å². The van der Waals surface area contributed by atoms with Crippen LogP contribution in [-0.4, -0.2) is 12.7 Å². The Bertz CT molecular complexity index is 909.